The summed E-state index contributed by atoms with van der Waals surface area (Å²) in [4.78, 5) is 3.89. The Labute approximate surface area is 184 Å². The molecular weight excluding hydrogens is 445 g/mol. The topological polar surface area (TPSA) is 79.7 Å². The number of aromatic nitrogens is 1. The molecule has 6 nitrogen and oxygen atoms in total. The van der Waals surface area contributed by atoms with Crippen LogP contribution in [-0.4, -0.2) is 37.5 Å². The van der Waals surface area contributed by atoms with Crippen LogP contribution in [0.2, 0.25) is 0 Å². The van der Waals surface area contributed by atoms with Crippen LogP contribution in [0.4, 0.5) is 18.9 Å². The molecule has 0 aliphatic heterocycles. The molecule has 0 bridgehead atoms. The van der Waals surface area contributed by atoms with Gasteiger partial charge < -0.3 is 9.84 Å². The van der Waals surface area contributed by atoms with Gasteiger partial charge in [0.1, 0.15) is 11.9 Å². The van der Waals surface area contributed by atoms with E-state index >= 15 is 0 Å². The molecule has 2 aromatic carbocycles. The maximum atomic E-state index is 13.0. The normalized spacial score (nSPS) is 12.9. The molecule has 0 fully saturated rings. The fourth-order valence-corrected chi connectivity index (χ4v) is 4.56. The average molecular weight is 466 g/mol. The van der Waals surface area contributed by atoms with E-state index in [9.17, 15) is 26.7 Å². The van der Waals surface area contributed by atoms with Gasteiger partial charge in [0.2, 0.25) is 10.0 Å². The number of alkyl halides is 3. The van der Waals surface area contributed by atoms with Crippen molar-refractivity contribution in [3.63, 3.8) is 0 Å². The second kappa shape index (κ2) is 9.58. The number of halogens is 3. The van der Waals surface area contributed by atoms with E-state index in [1.807, 2.05) is 0 Å². The molecule has 32 heavy (non-hydrogen) atoms. The Morgan fingerprint density at radius 3 is 2.50 bits per heavy atom. The van der Waals surface area contributed by atoms with E-state index in [1.54, 1.807) is 42.5 Å². The molecule has 1 atom stereocenters. The van der Waals surface area contributed by atoms with Gasteiger partial charge in [-0.3, -0.25) is 9.29 Å². The first kappa shape index (κ1) is 23.6. The van der Waals surface area contributed by atoms with Crippen molar-refractivity contribution in [2.75, 3.05) is 17.2 Å². The largest absolute Gasteiger partial charge is 0.496 e. The van der Waals surface area contributed by atoms with Crippen molar-refractivity contribution in [1.82, 2.24) is 4.98 Å². The number of methoxy groups -OCH3 is 1. The van der Waals surface area contributed by atoms with Gasteiger partial charge >= 0.3 is 6.18 Å². The first-order valence-corrected chi connectivity index (χ1v) is 11.1. The smallest absolute Gasteiger partial charge is 0.404 e. The van der Waals surface area contributed by atoms with E-state index < -0.39 is 28.1 Å². The Hall–Kier alpha value is -3.11. The fraction of sp³-hybridized carbons (Fsp3) is 0.227. The van der Waals surface area contributed by atoms with Crippen molar-refractivity contribution in [3.8, 4) is 5.75 Å². The van der Waals surface area contributed by atoms with Gasteiger partial charge in [0.25, 0.3) is 0 Å². The van der Waals surface area contributed by atoms with Crippen LogP contribution >= 0.6 is 0 Å². The summed E-state index contributed by atoms with van der Waals surface area (Å²) in [5.74, 6) is -1.60. The summed E-state index contributed by atoms with van der Waals surface area (Å²) in [6.07, 6.45) is -3.25. The number of hydrogen-bond acceptors (Lipinski definition) is 5. The molecule has 1 N–H and O–H groups in total. The van der Waals surface area contributed by atoms with Crippen molar-refractivity contribution in [1.29, 1.82) is 0 Å². The maximum Gasteiger partial charge on any atom is 0.404 e. The minimum absolute atomic E-state index is 0.00967. The van der Waals surface area contributed by atoms with Gasteiger partial charge in [-0.2, -0.15) is 13.2 Å². The second-order valence-corrected chi connectivity index (χ2v) is 8.87. The lowest BCUT2D eigenvalue weighted by Crippen LogP contribution is -2.37. The predicted octanol–water partition coefficient (Wildman–Crippen LogP) is 4.07. The number of benzene rings is 2. The number of para-hydroxylation sites is 1. The van der Waals surface area contributed by atoms with E-state index in [2.05, 4.69) is 4.98 Å². The van der Waals surface area contributed by atoms with Crippen LogP contribution in [0.3, 0.4) is 0 Å². The highest BCUT2D eigenvalue weighted by Gasteiger charge is 2.38. The van der Waals surface area contributed by atoms with Gasteiger partial charge in [0.05, 0.1) is 19.3 Å². The summed E-state index contributed by atoms with van der Waals surface area (Å²) < 4.78 is 70.4. The number of hydrogen-bond donors (Lipinski definition) is 1. The molecule has 1 unspecified atom stereocenters. The SMILES string of the molecule is COc1ccccc1C(O)c1cccc(N(Cc2cccnc2)S(=O)(=O)CC(F)(F)F)c1. The Morgan fingerprint density at radius 2 is 1.84 bits per heavy atom. The number of aliphatic hydroxyl groups is 1. The van der Waals surface area contributed by atoms with E-state index in [-0.39, 0.29) is 12.2 Å². The number of anilines is 1. The standard InChI is InChI=1S/C22H21F3N2O4S/c1-31-20-10-3-2-9-19(20)21(28)17-7-4-8-18(12-17)27(14-16-6-5-11-26-13-16)32(29,30)15-22(23,24)25/h2-13,21,28H,14-15H2,1H3. The maximum absolute atomic E-state index is 13.0. The van der Waals surface area contributed by atoms with Gasteiger partial charge in [-0.15, -0.1) is 0 Å². The van der Waals surface area contributed by atoms with Crippen molar-refractivity contribution in [2.24, 2.45) is 0 Å². The molecule has 0 spiro atoms. The average Bonchev–Trinajstić information content (AvgIpc) is 2.76. The first-order chi connectivity index (χ1) is 15.1. The van der Waals surface area contributed by atoms with Crippen LogP contribution in [-0.2, 0) is 16.6 Å². The minimum atomic E-state index is -4.92. The molecule has 1 heterocycles. The van der Waals surface area contributed by atoms with Crippen LogP contribution in [0, 0.1) is 0 Å². The van der Waals surface area contributed by atoms with Crippen LogP contribution in [0.5, 0.6) is 5.75 Å². The van der Waals surface area contributed by atoms with E-state index in [1.165, 1.54) is 37.7 Å². The van der Waals surface area contributed by atoms with Gasteiger partial charge in [0, 0.05) is 18.0 Å². The summed E-state index contributed by atoms with van der Waals surface area (Å²) in [6.45, 7) is -0.347. The summed E-state index contributed by atoms with van der Waals surface area (Å²) in [5, 5.41) is 10.9. The van der Waals surface area contributed by atoms with Gasteiger partial charge in [-0.1, -0.05) is 36.4 Å². The highest BCUT2D eigenvalue weighted by molar-refractivity contribution is 7.92. The molecule has 0 aliphatic carbocycles. The number of pyridine rings is 1. The summed E-state index contributed by atoms with van der Waals surface area (Å²) >= 11 is 0. The van der Waals surface area contributed by atoms with Crippen molar-refractivity contribution >= 4 is 15.7 Å². The summed E-state index contributed by atoms with van der Waals surface area (Å²) in [7, 11) is -3.33. The van der Waals surface area contributed by atoms with E-state index in [4.69, 9.17) is 4.74 Å². The molecule has 3 rings (SSSR count). The zero-order valence-corrected chi connectivity index (χ0v) is 17.8. The zero-order valence-electron chi connectivity index (χ0n) is 17.0. The first-order valence-electron chi connectivity index (χ1n) is 9.48. The van der Waals surface area contributed by atoms with E-state index in [0.717, 1.165) is 0 Å². The number of rotatable bonds is 8. The Balaban J connectivity index is 2.03. The number of aliphatic hydroxyl groups excluding tert-OH is 1. The van der Waals surface area contributed by atoms with Gasteiger partial charge in [-0.05, 0) is 35.4 Å². The van der Waals surface area contributed by atoms with Crippen LogP contribution < -0.4 is 9.04 Å². The molecule has 0 radical (unpaired) electrons. The second-order valence-electron chi connectivity index (χ2n) is 6.98. The van der Waals surface area contributed by atoms with Crippen molar-refractivity contribution in [2.45, 2.75) is 18.8 Å². The van der Waals surface area contributed by atoms with Gasteiger partial charge in [-0.25, -0.2) is 8.42 Å². The van der Waals surface area contributed by atoms with Crippen LogP contribution in [0.1, 0.15) is 22.8 Å². The Kier molecular flexibility index (Phi) is 7.05. The minimum Gasteiger partial charge on any atom is -0.496 e. The monoisotopic (exact) mass is 466 g/mol. The molecule has 0 aliphatic rings. The Bertz CT molecular complexity index is 1160. The lowest BCUT2D eigenvalue weighted by atomic mass is 10.00. The third-order valence-electron chi connectivity index (χ3n) is 4.64. The molecule has 0 saturated heterocycles. The van der Waals surface area contributed by atoms with E-state index in [0.29, 0.717) is 26.7 Å². The lowest BCUT2D eigenvalue weighted by molar-refractivity contribution is -0.106. The molecule has 0 saturated carbocycles. The molecule has 1 aromatic heterocycles. The summed E-state index contributed by atoms with van der Waals surface area (Å²) in [6, 6.07) is 15.6. The molecule has 0 amide bonds. The predicted molar refractivity (Wildman–Crippen MR) is 114 cm³/mol. The Morgan fingerprint density at radius 1 is 1.09 bits per heavy atom. The van der Waals surface area contributed by atoms with Crippen molar-refractivity contribution < 1.29 is 31.4 Å². The molecule has 170 valence electrons. The summed E-state index contributed by atoms with van der Waals surface area (Å²) in [5.41, 5.74) is 1.13. The van der Waals surface area contributed by atoms with Crippen LogP contribution in [0.25, 0.3) is 0 Å². The fourth-order valence-electron chi connectivity index (χ4n) is 3.21. The molecule has 10 heteroatoms. The molecule has 3 aromatic rings. The number of ether oxygens (including phenoxy) is 1. The lowest BCUT2D eigenvalue weighted by Gasteiger charge is -2.26. The van der Waals surface area contributed by atoms with Crippen LogP contribution in [0.15, 0.2) is 73.1 Å². The number of nitrogens with zero attached hydrogens (tertiary/aromatic N) is 2. The molecular formula is C22H21F3N2O4S. The van der Waals surface area contributed by atoms with Gasteiger partial charge in [0.15, 0.2) is 5.75 Å². The highest BCUT2D eigenvalue weighted by Crippen LogP contribution is 2.33. The van der Waals surface area contributed by atoms with Crippen molar-refractivity contribution in [3.05, 3.63) is 89.7 Å². The zero-order chi connectivity index (χ0) is 23.4. The highest BCUT2D eigenvalue weighted by atomic mass is 32.2. The quantitative estimate of drug-likeness (QED) is 0.542. The number of sulfonamides is 1. The third-order valence-corrected chi connectivity index (χ3v) is 6.34. The third kappa shape index (κ3) is 5.77.